The van der Waals surface area contributed by atoms with Gasteiger partial charge in [0.15, 0.2) is 5.69 Å². The standard InChI is InChI=1S/C20H21F3N4O2S/c1-4-26(3)17-11-13(2)5-10-16(17)18-12-19(20(21,22)23)25-27(18)14-6-8-15(9-7-14)30(24,28)29/h5-12H,4H2,1-3H3,(H2,24,28,29). The molecule has 0 atom stereocenters. The van der Waals surface area contributed by atoms with E-state index in [1.165, 1.54) is 24.3 Å². The van der Waals surface area contributed by atoms with Crippen LogP contribution in [-0.2, 0) is 16.2 Å². The lowest BCUT2D eigenvalue weighted by atomic mass is 10.0. The molecule has 0 saturated heterocycles. The van der Waals surface area contributed by atoms with Crippen LogP contribution in [0.25, 0.3) is 16.9 Å². The van der Waals surface area contributed by atoms with E-state index in [0.29, 0.717) is 12.1 Å². The summed E-state index contributed by atoms with van der Waals surface area (Å²) in [5.74, 6) is 0. The summed E-state index contributed by atoms with van der Waals surface area (Å²) < 4.78 is 64.5. The number of sulfonamides is 1. The van der Waals surface area contributed by atoms with Gasteiger partial charge in [-0.05, 0) is 55.8 Å². The van der Waals surface area contributed by atoms with Crippen LogP contribution in [0.3, 0.4) is 0 Å². The fourth-order valence-electron chi connectivity index (χ4n) is 3.03. The molecular weight excluding hydrogens is 417 g/mol. The van der Waals surface area contributed by atoms with Gasteiger partial charge in [-0.15, -0.1) is 0 Å². The fraction of sp³-hybridized carbons (Fsp3) is 0.250. The number of aryl methyl sites for hydroxylation is 1. The van der Waals surface area contributed by atoms with Crippen molar-refractivity contribution < 1.29 is 21.6 Å². The predicted molar refractivity (Wildman–Crippen MR) is 109 cm³/mol. The van der Waals surface area contributed by atoms with E-state index in [2.05, 4.69) is 5.10 Å². The molecule has 0 bridgehead atoms. The average molecular weight is 438 g/mol. The van der Waals surface area contributed by atoms with Crippen LogP contribution in [0.4, 0.5) is 18.9 Å². The number of halogens is 3. The van der Waals surface area contributed by atoms with E-state index in [1.54, 1.807) is 6.07 Å². The Bertz CT molecular complexity index is 1170. The Morgan fingerprint density at radius 3 is 2.27 bits per heavy atom. The second-order valence-corrected chi connectivity index (χ2v) is 8.46. The molecular formula is C20H21F3N4O2S. The Kier molecular flexibility index (Phi) is 5.66. The maximum absolute atomic E-state index is 13.4. The van der Waals surface area contributed by atoms with Gasteiger partial charge in [0.05, 0.1) is 16.3 Å². The lowest BCUT2D eigenvalue weighted by Gasteiger charge is -2.22. The Morgan fingerprint density at radius 2 is 1.73 bits per heavy atom. The number of nitrogens with zero attached hydrogens (tertiary/aromatic N) is 3. The van der Waals surface area contributed by atoms with Crippen LogP contribution in [0.5, 0.6) is 0 Å². The van der Waals surface area contributed by atoms with Crippen LogP contribution in [-0.4, -0.2) is 31.8 Å². The van der Waals surface area contributed by atoms with E-state index in [-0.39, 0.29) is 16.3 Å². The van der Waals surface area contributed by atoms with Gasteiger partial charge in [0.2, 0.25) is 10.0 Å². The van der Waals surface area contributed by atoms with Crippen molar-refractivity contribution in [2.75, 3.05) is 18.5 Å². The summed E-state index contributed by atoms with van der Waals surface area (Å²) in [7, 11) is -2.07. The molecule has 0 aliphatic heterocycles. The normalized spacial score (nSPS) is 12.2. The molecule has 0 saturated carbocycles. The van der Waals surface area contributed by atoms with Gasteiger partial charge < -0.3 is 4.90 Å². The molecule has 10 heteroatoms. The molecule has 2 N–H and O–H groups in total. The van der Waals surface area contributed by atoms with Crippen molar-refractivity contribution in [1.82, 2.24) is 9.78 Å². The van der Waals surface area contributed by atoms with Crippen molar-refractivity contribution in [3.63, 3.8) is 0 Å². The molecule has 0 aliphatic carbocycles. The lowest BCUT2D eigenvalue weighted by molar-refractivity contribution is -0.141. The zero-order valence-electron chi connectivity index (χ0n) is 16.6. The number of alkyl halides is 3. The predicted octanol–water partition coefficient (Wildman–Crippen LogP) is 3.97. The molecule has 2 aromatic carbocycles. The molecule has 0 aliphatic rings. The van der Waals surface area contributed by atoms with E-state index < -0.39 is 21.9 Å². The first-order chi connectivity index (χ1) is 13.9. The van der Waals surface area contributed by atoms with Crippen molar-refractivity contribution in [1.29, 1.82) is 0 Å². The van der Waals surface area contributed by atoms with Crippen molar-refractivity contribution >= 4 is 15.7 Å². The fourth-order valence-corrected chi connectivity index (χ4v) is 3.55. The highest BCUT2D eigenvalue weighted by Gasteiger charge is 2.35. The summed E-state index contributed by atoms with van der Waals surface area (Å²) in [6, 6.07) is 11.7. The maximum Gasteiger partial charge on any atom is 0.435 e. The van der Waals surface area contributed by atoms with Crippen molar-refractivity contribution in [2.24, 2.45) is 5.14 Å². The van der Waals surface area contributed by atoms with Crippen LogP contribution in [0, 0.1) is 6.92 Å². The topological polar surface area (TPSA) is 81.2 Å². The van der Waals surface area contributed by atoms with E-state index in [9.17, 15) is 21.6 Å². The van der Waals surface area contributed by atoms with E-state index in [4.69, 9.17) is 5.14 Å². The van der Waals surface area contributed by atoms with Crippen LogP contribution < -0.4 is 10.0 Å². The van der Waals surface area contributed by atoms with Crippen LogP contribution in [0.2, 0.25) is 0 Å². The summed E-state index contributed by atoms with van der Waals surface area (Å²) in [5, 5.41) is 8.87. The van der Waals surface area contributed by atoms with Gasteiger partial charge in [0.25, 0.3) is 0 Å². The second kappa shape index (κ2) is 7.77. The summed E-state index contributed by atoms with van der Waals surface area (Å²) in [6.07, 6.45) is -4.64. The minimum absolute atomic E-state index is 0.141. The Balaban J connectivity index is 2.25. The summed E-state index contributed by atoms with van der Waals surface area (Å²) in [5.41, 5.74) is 1.77. The average Bonchev–Trinajstić information content (AvgIpc) is 3.12. The quantitative estimate of drug-likeness (QED) is 0.654. The Morgan fingerprint density at radius 1 is 1.10 bits per heavy atom. The third kappa shape index (κ3) is 4.34. The largest absolute Gasteiger partial charge is 0.435 e. The number of hydrogen-bond donors (Lipinski definition) is 1. The van der Waals surface area contributed by atoms with Gasteiger partial charge >= 0.3 is 6.18 Å². The second-order valence-electron chi connectivity index (χ2n) is 6.90. The molecule has 30 heavy (non-hydrogen) atoms. The van der Waals surface area contributed by atoms with Crippen LogP contribution >= 0.6 is 0 Å². The van der Waals surface area contributed by atoms with Crippen LogP contribution in [0.1, 0.15) is 18.2 Å². The third-order valence-corrected chi connectivity index (χ3v) is 5.65. The molecule has 0 fully saturated rings. The Hall–Kier alpha value is -2.85. The monoisotopic (exact) mass is 438 g/mol. The van der Waals surface area contributed by atoms with Gasteiger partial charge in [0, 0.05) is 24.8 Å². The molecule has 160 valence electrons. The van der Waals surface area contributed by atoms with Crippen LogP contribution in [0.15, 0.2) is 53.4 Å². The summed E-state index contributed by atoms with van der Waals surface area (Å²) in [4.78, 5) is 1.79. The third-order valence-electron chi connectivity index (χ3n) is 4.72. The molecule has 1 heterocycles. The van der Waals surface area contributed by atoms with Gasteiger partial charge in [-0.25, -0.2) is 18.2 Å². The van der Waals surface area contributed by atoms with Gasteiger partial charge in [-0.1, -0.05) is 12.1 Å². The van der Waals surface area contributed by atoms with Gasteiger partial charge in [-0.2, -0.15) is 18.3 Å². The highest BCUT2D eigenvalue weighted by molar-refractivity contribution is 7.89. The molecule has 0 amide bonds. The highest BCUT2D eigenvalue weighted by Crippen LogP contribution is 2.37. The number of primary sulfonamides is 1. The molecule has 0 spiro atoms. The van der Waals surface area contributed by atoms with E-state index >= 15 is 0 Å². The first kappa shape index (κ1) is 21.8. The number of aromatic nitrogens is 2. The molecule has 3 aromatic rings. The molecule has 3 rings (SSSR count). The number of nitrogens with two attached hydrogens (primary N) is 1. The Labute approximate surface area is 172 Å². The first-order valence-corrected chi connectivity index (χ1v) is 10.6. The number of benzene rings is 2. The summed E-state index contributed by atoms with van der Waals surface area (Å²) in [6.45, 7) is 4.50. The smallest absolute Gasteiger partial charge is 0.374 e. The minimum atomic E-state index is -4.64. The van der Waals surface area contributed by atoms with Gasteiger partial charge in [-0.3, -0.25) is 0 Å². The first-order valence-electron chi connectivity index (χ1n) is 9.04. The molecule has 0 radical (unpaired) electrons. The molecule has 0 unspecified atom stereocenters. The molecule has 1 aromatic heterocycles. The van der Waals surface area contributed by atoms with Crippen molar-refractivity contribution in [2.45, 2.75) is 24.9 Å². The lowest BCUT2D eigenvalue weighted by Crippen LogP contribution is -2.17. The number of anilines is 1. The summed E-state index contributed by atoms with van der Waals surface area (Å²) >= 11 is 0. The zero-order valence-corrected chi connectivity index (χ0v) is 17.4. The van der Waals surface area contributed by atoms with E-state index in [0.717, 1.165) is 22.0 Å². The minimum Gasteiger partial charge on any atom is -0.374 e. The molecule has 6 nitrogen and oxygen atoms in total. The number of rotatable bonds is 5. The zero-order chi connectivity index (χ0) is 22.3. The maximum atomic E-state index is 13.4. The van der Waals surface area contributed by atoms with Gasteiger partial charge in [0.1, 0.15) is 0 Å². The van der Waals surface area contributed by atoms with Crippen molar-refractivity contribution in [3.05, 3.63) is 59.8 Å². The SMILES string of the molecule is CCN(C)c1cc(C)ccc1-c1cc(C(F)(F)F)nn1-c1ccc(S(N)(=O)=O)cc1. The number of hydrogen-bond acceptors (Lipinski definition) is 4. The van der Waals surface area contributed by atoms with E-state index in [1.807, 2.05) is 37.9 Å². The highest BCUT2D eigenvalue weighted by atomic mass is 32.2. The van der Waals surface area contributed by atoms with Crippen molar-refractivity contribution in [3.8, 4) is 16.9 Å².